The van der Waals surface area contributed by atoms with Gasteiger partial charge in [-0.15, -0.1) is 0 Å². The van der Waals surface area contributed by atoms with Crippen LogP contribution in [-0.4, -0.2) is 75.2 Å². The maximum atomic E-state index is 13.6. The number of rotatable bonds is 2. The fraction of sp³-hybridized carbons (Fsp3) is 0.458. The van der Waals surface area contributed by atoms with E-state index in [1.165, 1.54) is 6.07 Å². The first-order valence-electron chi connectivity index (χ1n) is 10.8. The second-order valence-corrected chi connectivity index (χ2v) is 10.5. The highest BCUT2D eigenvalue weighted by atomic mass is 16.4. The lowest BCUT2D eigenvalue weighted by atomic mass is 9.55. The van der Waals surface area contributed by atoms with E-state index in [-0.39, 0.29) is 16.7 Å². The molecule has 1 aromatic rings. The van der Waals surface area contributed by atoms with Crippen LogP contribution in [0.25, 0.3) is 5.76 Å². The summed E-state index contributed by atoms with van der Waals surface area (Å²) in [6.07, 6.45) is -2.56. The Balaban J connectivity index is 2.07. The van der Waals surface area contributed by atoms with E-state index in [0.717, 1.165) is 0 Å². The van der Waals surface area contributed by atoms with Crippen LogP contribution in [0, 0.1) is 0 Å². The van der Waals surface area contributed by atoms with Crippen LogP contribution in [-0.2, 0) is 32.8 Å². The van der Waals surface area contributed by atoms with Gasteiger partial charge in [-0.1, -0.05) is 20.8 Å². The molecule has 35 heavy (non-hydrogen) atoms. The number of aliphatic hydroxyl groups is 6. The number of fused-ring (bicyclic) bond motifs is 3. The first kappa shape index (κ1) is 24.9. The maximum absolute atomic E-state index is 13.6. The molecule has 0 spiro atoms. The summed E-state index contributed by atoms with van der Waals surface area (Å²) in [7, 11) is 0. The molecule has 0 bridgehead atoms. The van der Waals surface area contributed by atoms with Crippen LogP contribution < -0.4 is 0 Å². The largest absolute Gasteiger partial charge is 0.508 e. The summed E-state index contributed by atoms with van der Waals surface area (Å²) in [4.78, 5) is 37.4. The van der Waals surface area contributed by atoms with Crippen LogP contribution in [0.2, 0.25) is 0 Å². The molecule has 0 amide bonds. The van der Waals surface area contributed by atoms with Gasteiger partial charge in [0.05, 0.1) is 17.7 Å². The van der Waals surface area contributed by atoms with E-state index in [9.17, 15) is 55.2 Å². The number of Topliss-reactive ketones (excluding diaryl/α,β-unsaturated/α-hetero) is 2. The molecule has 0 heterocycles. The van der Waals surface area contributed by atoms with Crippen LogP contribution in [0.4, 0.5) is 0 Å². The normalized spacial score (nSPS) is 30.7. The third-order valence-corrected chi connectivity index (χ3v) is 7.23. The fourth-order valence-corrected chi connectivity index (χ4v) is 5.54. The Morgan fingerprint density at radius 2 is 1.66 bits per heavy atom. The number of carbonyl (C=O) groups is 3. The van der Waals surface area contributed by atoms with Gasteiger partial charge in [0.2, 0.25) is 11.4 Å². The minimum absolute atomic E-state index is 0.0803. The third kappa shape index (κ3) is 3.02. The van der Waals surface area contributed by atoms with E-state index < -0.39 is 94.0 Å². The van der Waals surface area contributed by atoms with Gasteiger partial charge in [-0.3, -0.25) is 9.59 Å². The van der Waals surface area contributed by atoms with Crippen LogP contribution in [0.1, 0.15) is 55.9 Å². The Morgan fingerprint density at radius 1 is 1.06 bits per heavy atom. The quantitative estimate of drug-likeness (QED) is 0.259. The number of phenolic OH excluding ortho intramolecular Hbond substituents is 1. The lowest BCUT2D eigenvalue weighted by Gasteiger charge is -2.54. The van der Waals surface area contributed by atoms with Gasteiger partial charge in [-0.2, -0.15) is 0 Å². The van der Waals surface area contributed by atoms with Crippen molar-refractivity contribution in [1.82, 2.24) is 0 Å². The van der Waals surface area contributed by atoms with Crippen molar-refractivity contribution in [2.24, 2.45) is 0 Å². The summed E-state index contributed by atoms with van der Waals surface area (Å²) in [5, 5.41) is 85.9. The van der Waals surface area contributed by atoms with E-state index in [2.05, 4.69) is 0 Å². The molecule has 0 saturated heterocycles. The first-order valence-corrected chi connectivity index (χ1v) is 10.8. The highest BCUT2D eigenvalue weighted by Crippen LogP contribution is 2.56. The zero-order valence-corrected chi connectivity index (χ0v) is 19.2. The van der Waals surface area contributed by atoms with Crippen molar-refractivity contribution in [3.05, 3.63) is 45.2 Å². The molecule has 11 nitrogen and oxygen atoms in total. The number of aromatic hydroxyl groups is 1. The van der Waals surface area contributed by atoms with Gasteiger partial charge >= 0.3 is 5.97 Å². The predicted octanol–water partition coefficient (Wildman–Crippen LogP) is 0.0428. The minimum atomic E-state index is -3.36. The molecule has 0 aromatic heterocycles. The van der Waals surface area contributed by atoms with Crippen molar-refractivity contribution in [2.75, 3.05) is 0 Å². The highest BCUT2D eigenvalue weighted by molar-refractivity contribution is 6.22. The molecular formula is C24H26O11. The monoisotopic (exact) mass is 490 g/mol. The molecule has 3 aliphatic carbocycles. The maximum Gasteiger partial charge on any atom is 0.342 e. The van der Waals surface area contributed by atoms with Crippen molar-refractivity contribution in [1.29, 1.82) is 0 Å². The van der Waals surface area contributed by atoms with Gasteiger partial charge in [-0.05, 0) is 22.6 Å². The molecule has 4 rings (SSSR count). The van der Waals surface area contributed by atoms with Crippen molar-refractivity contribution >= 4 is 23.3 Å². The van der Waals surface area contributed by atoms with Crippen molar-refractivity contribution in [3.63, 3.8) is 0 Å². The molecule has 3 unspecified atom stereocenters. The van der Waals surface area contributed by atoms with Crippen LogP contribution in [0.5, 0.6) is 5.75 Å². The Kier molecular flexibility index (Phi) is 5.07. The van der Waals surface area contributed by atoms with Gasteiger partial charge in [0.25, 0.3) is 0 Å². The molecule has 1 saturated carbocycles. The summed E-state index contributed by atoms with van der Waals surface area (Å²) >= 11 is 0. The summed E-state index contributed by atoms with van der Waals surface area (Å²) < 4.78 is 0. The molecule has 188 valence electrons. The van der Waals surface area contributed by atoms with Crippen LogP contribution in [0.15, 0.2) is 23.0 Å². The Hall–Kier alpha value is -3.25. The Labute approximate surface area is 198 Å². The fourth-order valence-electron chi connectivity index (χ4n) is 5.54. The van der Waals surface area contributed by atoms with E-state index in [1.54, 1.807) is 20.8 Å². The minimum Gasteiger partial charge on any atom is -0.508 e. The molecule has 0 aliphatic heterocycles. The number of ketones is 2. The zero-order chi connectivity index (χ0) is 26.5. The number of aliphatic carboxylic acids is 1. The average molecular weight is 490 g/mol. The smallest absolute Gasteiger partial charge is 0.342 e. The molecule has 1 aromatic carbocycles. The third-order valence-electron chi connectivity index (χ3n) is 7.23. The van der Waals surface area contributed by atoms with E-state index in [0.29, 0.717) is 5.56 Å². The number of hydrogen-bond donors (Lipinski definition) is 8. The van der Waals surface area contributed by atoms with Crippen LogP contribution in [0.3, 0.4) is 0 Å². The molecule has 1 fully saturated rings. The van der Waals surface area contributed by atoms with Gasteiger partial charge in [0.1, 0.15) is 28.3 Å². The standard InChI is InChI=1S/C24H26O11/c1-21(2,3)11-4-9(7-25)10-5-22(33)8-23(34)6-12(26)14(20(31)32)18(29)24(23,35)19(30)15(22)17(28)13(10)16(11)27/h4,25,27-29,33-35H,5-8H2,1-3H3,(H,31,32). The molecule has 0 radical (unpaired) electrons. The van der Waals surface area contributed by atoms with E-state index in [1.807, 2.05) is 0 Å². The van der Waals surface area contributed by atoms with Crippen LogP contribution >= 0.6 is 0 Å². The molecule has 3 atom stereocenters. The number of aliphatic hydroxyl groups excluding tert-OH is 3. The molecule has 11 heteroatoms. The number of phenols is 1. The molecule has 3 aliphatic rings. The molecular weight excluding hydrogens is 464 g/mol. The summed E-state index contributed by atoms with van der Waals surface area (Å²) in [5.41, 5.74) is -11.1. The molecule has 8 N–H and O–H groups in total. The summed E-state index contributed by atoms with van der Waals surface area (Å²) in [6, 6.07) is 1.49. The zero-order valence-electron chi connectivity index (χ0n) is 19.2. The van der Waals surface area contributed by atoms with E-state index in [4.69, 9.17) is 0 Å². The first-order chi connectivity index (χ1) is 15.9. The number of benzene rings is 1. The second kappa shape index (κ2) is 7.14. The summed E-state index contributed by atoms with van der Waals surface area (Å²) in [6.45, 7) is 4.70. The number of carboxylic acid groups (broad SMARTS) is 1. The van der Waals surface area contributed by atoms with Gasteiger partial charge in [0, 0.05) is 24.8 Å². The second-order valence-electron chi connectivity index (χ2n) is 10.5. The van der Waals surface area contributed by atoms with Crippen molar-refractivity contribution < 1.29 is 55.2 Å². The Bertz CT molecular complexity index is 1280. The van der Waals surface area contributed by atoms with E-state index >= 15 is 0 Å². The summed E-state index contributed by atoms with van der Waals surface area (Å²) in [5.74, 6) is -7.84. The SMILES string of the molecule is CC(C)(C)c1cc(CO)c2c(c1O)C(O)=C1C(=O)C3(O)C(O)=C(C(=O)O)C(=O)CC3(O)CC1(O)C2. The Morgan fingerprint density at radius 3 is 2.17 bits per heavy atom. The van der Waals surface area contributed by atoms with Gasteiger partial charge in [-0.25, -0.2) is 4.79 Å². The number of carbonyl (C=O) groups excluding carboxylic acids is 2. The number of carboxylic acids is 1. The van der Waals surface area contributed by atoms with Gasteiger partial charge in [0.15, 0.2) is 11.5 Å². The lowest BCUT2D eigenvalue weighted by Crippen LogP contribution is -2.72. The lowest BCUT2D eigenvalue weighted by molar-refractivity contribution is -0.200. The van der Waals surface area contributed by atoms with Gasteiger partial charge < -0.3 is 40.9 Å². The average Bonchev–Trinajstić information content (AvgIpc) is 2.69. The van der Waals surface area contributed by atoms with Crippen molar-refractivity contribution in [3.8, 4) is 5.75 Å². The predicted molar refractivity (Wildman–Crippen MR) is 117 cm³/mol. The highest BCUT2D eigenvalue weighted by Gasteiger charge is 2.71. The topological polar surface area (TPSA) is 213 Å². The van der Waals surface area contributed by atoms with Crippen molar-refractivity contribution in [2.45, 2.75) is 68.9 Å². The number of hydrogen-bond acceptors (Lipinski definition) is 10.